The molecule has 0 radical (unpaired) electrons. The molecule has 0 unspecified atom stereocenters. The molecule has 7 heteroatoms. The number of fused-ring (bicyclic) bond motifs is 1. The van der Waals surface area contributed by atoms with Crippen LogP contribution in [-0.4, -0.2) is 33.1 Å². The van der Waals surface area contributed by atoms with E-state index in [-0.39, 0.29) is 18.0 Å². The van der Waals surface area contributed by atoms with Gasteiger partial charge in [-0.2, -0.15) is 0 Å². The van der Waals surface area contributed by atoms with E-state index in [0.717, 1.165) is 0 Å². The summed E-state index contributed by atoms with van der Waals surface area (Å²) in [5.74, 6) is -1.34. The first-order chi connectivity index (χ1) is 9.02. The first kappa shape index (κ1) is 12.9. The Balaban J connectivity index is 2.45. The molecule has 1 aromatic heterocycles. The number of carboxylic acids is 1. The fourth-order valence-electron chi connectivity index (χ4n) is 1.85. The summed E-state index contributed by atoms with van der Waals surface area (Å²) in [6.07, 6.45) is 0. The first-order valence-electron chi connectivity index (χ1n) is 5.75. The third-order valence-corrected chi connectivity index (χ3v) is 2.70. The topological polar surface area (TPSA) is 104 Å². The van der Waals surface area contributed by atoms with Crippen molar-refractivity contribution in [3.63, 3.8) is 0 Å². The summed E-state index contributed by atoms with van der Waals surface area (Å²) in [4.78, 5) is 36.6. The zero-order valence-corrected chi connectivity index (χ0v) is 10.3. The van der Waals surface area contributed by atoms with Crippen LogP contribution in [0.1, 0.15) is 17.3 Å². The second-order valence-corrected chi connectivity index (χ2v) is 4.01. The smallest absolute Gasteiger partial charge is 0.335 e. The lowest BCUT2D eigenvalue weighted by Crippen LogP contribution is -2.31. The number of aromatic amines is 1. The SMILES string of the molecule is CCNC(=O)Cn1c(=O)[nH]c2cc(C(=O)O)ccc21. The van der Waals surface area contributed by atoms with Gasteiger partial charge >= 0.3 is 11.7 Å². The Hall–Kier alpha value is -2.57. The van der Waals surface area contributed by atoms with Crippen LogP contribution in [0.3, 0.4) is 0 Å². The number of nitrogens with zero attached hydrogens (tertiary/aromatic N) is 1. The number of rotatable bonds is 4. The monoisotopic (exact) mass is 263 g/mol. The number of carboxylic acid groups (broad SMARTS) is 1. The number of imidazole rings is 1. The van der Waals surface area contributed by atoms with Gasteiger partial charge in [0, 0.05) is 6.54 Å². The summed E-state index contributed by atoms with van der Waals surface area (Å²) >= 11 is 0. The minimum absolute atomic E-state index is 0.0823. The fourth-order valence-corrected chi connectivity index (χ4v) is 1.85. The van der Waals surface area contributed by atoms with E-state index in [4.69, 9.17) is 5.11 Å². The van der Waals surface area contributed by atoms with Crippen molar-refractivity contribution in [3.8, 4) is 0 Å². The summed E-state index contributed by atoms with van der Waals surface area (Å²) in [7, 11) is 0. The van der Waals surface area contributed by atoms with E-state index in [1.165, 1.54) is 22.8 Å². The molecule has 0 spiro atoms. The number of hydrogen-bond acceptors (Lipinski definition) is 3. The van der Waals surface area contributed by atoms with Crippen molar-refractivity contribution in [1.82, 2.24) is 14.9 Å². The van der Waals surface area contributed by atoms with Crippen molar-refractivity contribution in [2.24, 2.45) is 0 Å². The molecule has 3 N–H and O–H groups in total. The molecular weight excluding hydrogens is 250 g/mol. The summed E-state index contributed by atoms with van der Waals surface area (Å²) in [6, 6.07) is 4.27. The number of hydrogen-bond donors (Lipinski definition) is 3. The van der Waals surface area contributed by atoms with Crippen LogP contribution in [0.4, 0.5) is 0 Å². The zero-order valence-electron chi connectivity index (χ0n) is 10.3. The number of H-pyrrole nitrogens is 1. The molecule has 0 fully saturated rings. The van der Waals surface area contributed by atoms with E-state index in [9.17, 15) is 14.4 Å². The molecular formula is C12H13N3O4. The molecule has 0 saturated carbocycles. The van der Waals surface area contributed by atoms with Gasteiger partial charge in [-0.15, -0.1) is 0 Å². The quantitative estimate of drug-likeness (QED) is 0.731. The number of carbonyl (C=O) groups excluding carboxylic acids is 1. The molecule has 1 amide bonds. The molecule has 0 aliphatic rings. The number of carbonyl (C=O) groups is 2. The van der Waals surface area contributed by atoms with Crippen LogP contribution in [0.25, 0.3) is 11.0 Å². The van der Waals surface area contributed by atoms with Crippen LogP contribution in [0.2, 0.25) is 0 Å². The van der Waals surface area contributed by atoms with Crippen molar-refractivity contribution in [2.45, 2.75) is 13.5 Å². The third-order valence-electron chi connectivity index (χ3n) is 2.70. The van der Waals surface area contributed by atoms with Crippen molar-refractivity contribution in [3.05, 3.63) is 34.2 Å². The van der Waals surface area contributed by atoms with Crippen LogP contribution < -0.4 is 11.0 Å². The van der Waals surface area contributed by atoms with E-state index in [1.54, 1.807) is 6.92 Å². The molecule has 7 nitrogen and oxygen atoms in total. The molecule has 0 saturated heterocycles. The normalized spacial score (nSPS) is 10.6. The van der Waals surface area contributed by atoms with Crippen LogP contribution in [0.15, 0.2) is 23.0 Å². The Labute approximate surface area is 107 Å². The first-order valence-corrected chi connectivity index (χ1v) is 5.75. The van der Waals surface area contributed by atoms with E-state index in [1.807, 2.05) is 0 Å². The van der Waals surface area contributed by atoms with Gasteiger partial charge in [-0.05, 0) is 25.1 Å². The predicted molar refractivity (Wildman–Crippen MR) is 68.2 cm³/mol. The van der Waals surface area contributed by atoms with Crippen molar-refractivity contribution in [1.29, 1.82) is 0 Å². The minimum Gasteiger partial charge on any atom is -0.478 e. The Morgan fingerprint density at radius 1 is 1.42 bits per heavy atom. The van der Waals surface area contributed by atoms with Gasteiger partial charge in [0.15, 0.2) is 0 Å². The highest BCUT2D eigenvalue weighted by Crippen LogP contribution is 2.12. The summed E-state index contributed by atoms with van der Waals surface area (Å²) in [5, 5.41) is 11.5. The number of nitrogens with one attached hydrogen (secondary N) is 2. The van der Waals surface area contributed by atoms with Gasteiger partial charge in [-0.25, -0.2) is 9.59 Å². The third kappa shape index (κ3) is 2.49. The largest absolute Gasteiger partial charge is 0.478 e. The molecule has 100 valence electrons. The van der Waals surface area contributed by atoms with Crippen LogP contribution in [-0.2, 0) is 11.3 Å². The van der Waals surface area contributed by atoms with Gasteiger partial charge in [-0.3, -0.25) is 9.36 Å². The Morgan fingerprint density at radius 2 is 2.16 bits per heavy atom. The van der Waals surface area contributed by atoms with Crippen molar-refractivity contribution in [2.75, 3.05) is 6.54 Å². The van der Waals surface area contributed by atoms with Gasteiger partial charge in [0.2, 0.25) is 5.91 Å². The molecule has 0 aliphatic carbocycles. The summed E-state index contributed by atoms with van der Waals surface area (Å²) in [6.45, 7) is 2.17. The number of benzene rings is 1. The van der Waals surface area contributed by atoms with E-state index in [0.29, 0.717) is 17.6 Å². The second-order valence-electron chi connectivity index (χ2n) is 4.01. The highest BCUT2D eigenvalue weighted by atomic mass is 16.4. The van der Waals surface area contributed by atoms with E-state index < -0.39 is 11.7 Å². The maximum atomic E-state index is 11.7. The molecule has 0 bridgehead atoms. The molecule has 19 heavy (non-hydrogen) atoms. The van der Waals surface area contributed by atoms with E-state index in [2.05, 4.69) is 10.3 Å². The van der Waals surface area contributed by atoms with Gasteiger partial charge in [0.25, 0.3) is 0 Å². The molecule has 2 rings (SSSR count). The lowest BCUT2D eigenvalue weighted by atomic mass is 10.2. The van der Waals surface area contributed by atoms with Gasteiger partial charge in [-0.1, -0.05) is 0 Å². The number of amides is 1. The van der Waals surface area contributed by atoms with Crippen molar-refractivity contribution >= 4 is 22.9 Å². The Morgan fingerprint density at radius 3 is 2.79 bits per heavy atom. The van der Waals surface area contributed by atoms with Gasteiger partial charge in [0.05, 0.1) is 16.6 Å². The average molecular weight is 263 g/mol. The highest BCUT2D eigenvalue weighted by molar-refractivity contribution is 5.92. The average Bonchev–Trinajstić information content (AvgIpc) is 2.65. The number of aromatic carboxylic acids is 1. The maximum Gasteiger partial charge on any atom is 0.335 e. The predicted octanol–water partition coefficient (Wildman–Crippen LogP) is 0.164. The molecule has 0 atom stereocenters. The van der Waals surface area contributed by atoms with E-state index >= 15 is 0 Å². The highest BCUT2D eigenvalue weighted by Gasteiger charge is 2.12. The van der Waals surface area contributed by atoms with Crippen molar-refractivity contribution < 1.29 is 14.7 Å². The second kappa shape index (κ2) is 4.97. The molecule has 1 aromatic carbocycles. The Kier molecular flexibility index (Phi) is 3.37. The van der Waals surface area contributed by atoms with Crippen LogP contribution in [0, 0.1) is 0 Å². The standard InChI is InChI=1S/C12H13N3O4/c1-2-13-10(16)6-15-9-4-3-7(11(17)18)5-8(9)14-12(15)19/h3-5H,2,6H2,1H3,(H,13,16)(H,14,19)(H,17,18). The Bertz CT molecular complexity index is 699. The summed E-state index contributed by atoms with van der Waals surface area (Å²) in [5.41, 5.74) is 0.540. The number of aromatic nitrogens is 2. The van der Waals surface area contributed by atoms with Gasteiger partial charge in [0.1, 0.15) is 6.54 Å². The lowest BCUT2D eigenvalue weighted by molar-refractivity contribution is -0.121. The summed E-state index contributed by atoms with van der Waals surface area (Å²) < 4.78 is 1.27. The van der Waals surface area contributed by atoms with Crippen LogP contribution in [0.5, 0.6) is 0 Å². The number of likely N-dealkylation sites (N-methyl/N-ethyl adjacent to an activating group) is 1. The lowest BCUT2D eigenvalue weighted by Gasteiger charge is -2.03. The molecule has 2 aromatic rings. The van der Waals surface area contributed by atoms with Crippen LogP contribution >= 0.6 is 0 Å². The van der Waals surface area contributed by atoms with Gasteiger partial charge < -0.3 is 15.4 Å². The molecule has 0 aliphatic heterocycles. The fraction of sp³-hybridized carbons (Fsp3) is 0.250. The molecule has 1 heterocycles. The zero-order chi connectivity index (χ0) is 14.0. The minimum atomic E-state index is -1.07. The maximum absolute atomic E-state index is 11.7.